The van der Waals surface area contributed by atoms with E-state index in [0.29, 0.717) is 22.1 Å². The van der Waals surface area contributed by atoms with Crippen LogP contribution in [0.25, 0.3) is 11.1 Å². The summed E-state index contributed by atoms with van der Waals surface area (Å²) in [4.78, 5) is 26.4. The van der Waals surface area contributed by atoms with Crippen LogP contribution in [0.1, 0.15) is 272 Å². The summed E-state index contributed by atoms with van der Waals surface area (Å²) in [5.74, 6) is -0.233. The van der Waals surface area contributed by atoms with Crippen molar-refractivity contribution in [2.45, 2.75) is 285 Å². The van der Waals surface area contributed by atoms with Crippen molar-refractivity contribution in [2.24, 2.45) is 0 Å². The van der Waals surface area contributed by atoms with Gasteiger partial charge in [-0.25, -0.2) is 9.59 Å². The number of carbonyl (C=O) groups excluding carboxylic acids is 2. The van der Waals surface area contributed by atoms with Crippen LogP contribution in [0.5, 0.6) is 0 Å². The SMILES string of the molecule is CCCCCCCCCCCCCCCCCC[N+](C)(CC(=O)OC(C)(C)C)Cc1ccc(-c2ccc(C[N+](C)(CCCCCCCCCCCCCCCCCC)CC(=O)OC(C)(C)C)cc2)cc1.[Cl-].[Cl-]. The van der Waals surface area contributed by atoms with Crippen LogP contribution >= 0.6 is 0 Å². The Hall–Kier alpha value is -2.12. The van der Waals surface area contributed by atoms with Gasteiger partial charge in [0, 0.05) is 11.1 Å². The molecule has 8 heteroatoms. The second-order valence-electron chi connectivity index (χ2n) is 24.5. The molecule has 2 rings (SSSR count). The number of hydrogen-bond donors (Lipinski definition) is 0. The lowest BCUT2D eigenvalue weighted by Gasteiger charge is -2.35. The van der Waals surface area contributed by atoms with Crippen LogP contribution in [-0.4, -0.2) is 72.4 Å². The normalized spacial score (nSPS) is 13.4. The Bertz CT molecular complexity index is 1480. The minimum atomic E-state index is -0.492. The molecule has 0 saturated heterocycles. The molecule has 0 fully saturated rings. The average Bonchev–Trinajstić information content (AvgIpc) is 3.28. The van der Waals surface area contributed by atoms with Crippen molar-refractivity contribution in [1.29, 1.82) is 0 Å². The van der Waals surface area contributed by atoms with Gasteiger partial charge in [-0.2, -0.15) is 0 Å². The van der Waals surface area contributed by atoms with E-state index in [0.717, 1.165) is 39.0 Å². The first-order chi connectivity index (χ1) is 33.4. The molecule has 0 spiro atoms. The summed E-state index contributed by atoms with van der Waals surface area (Å²) in [6.45, 7) is 20.6. The topological polar surface area (TPSA) is 52.6 Å². The Morgan fingerprint density at radius 3 is 0.778 bits per heavy atom. The summed E-state index contributed by atoms with van der Waals surface area (Å²) >= 11 is 0. The third-order valence-electron chi connectivity index (χ3n) is 14.3. The summed E-state index contributed by atoms with van der Waals surface area (Å²) < 4.78 is 13.0. The standard InChI is InChI=1S/C64H114N2O4.2ClH/c1-11-13-15-17-19-21-23-25-27-29-31-33-35-37-39-41-51-65(9,55-61(67)69-63(3,4)5)53-57-43-47-59(48-44-57)60-49-45-58(46-50-60)54-66(10,56-62(68)70-64(6,7)8)52-42-40-38-36-34-32-30-28-26-24-22-20-18-16-14-12-2;;/h43-50H,11-42,51-56H2,1-10H3;2*1H/q+2;;/p-2. The first kappa shape index (κ1) is 69.9. The van der Waals surface area contributed by atoms with Crippen LogP contribution in [-0.2, 0) is 32.2 Å². The van der Waals surface area contributed by atoms with Gasteiger partial charge in [-0.15, -0.1) is 0 Å². The lowest BCUT2D eigenvalue weighted by molar-refractivity contribution is -0.916. The monoisotopic (exact) mass is 1040 g/mol. The first-order valence-corrected chi connectivity index (χ1v) is 29.7. The predicted octanol–water partition coefficient (Wildman–Crippen LogP) is 12.5. The lowest BCUT2D eigenvalue weighted by atomic mass is 10.0. The number of likely N-dealkylation sites (N-methyl/N-ethyl adjacent to an activating group) is 2. The van der Waals surface area contributed by atoms with Crippen molar-refractivity contribution in [3.63, 3.8) is 0 Å². The van der Waals surface area contributed by atoms with E-state index in [2.05, 4.69) is 76.5 Å². The van der Waals surface area contributed by atoms with Crippen LogP contribution in [0.4, 0.5) is 0 Å². The molecule has 0 aliphatic heterocycles. The Morgan fingerprint density at radius 1 is 0.361 bits per heavy atom. The lowest BCUT2D eigenvalue weighted by Crippen LogP contribution is -3.00. The fourth-order valence-corrected chi connectivity index (χ4v) is 10.4. The molecule has 0 heterocycles. The number of halogens is 2. The van der Waals surface area contributed by atoms with E-state index in [4.69, 9.17) is 9.47 Å². The van der Waals surface area contributed by atoms with Crippen molar-refractivity contribution in [3.8, 4) is 11.1 Å². The van der Waals surface area contributed by atoms with Gasteiger partial charge in [0.15, 0.2) is 13.1 Å². The second kappa shape index (κ2) is 41.1. The summed E-state index contributed by atoms with van der Waals surface area (Å²) in [5, 5.41) is 0. The maximum Gasteiger partial charge on any atom is 0.362 e. The fourth-order valence-electron chi connectivity index (χ4n) is 10.4. The predicted molar refractivity (Wildman–Crippen MR) is 302 cm³/mol. The van der Waals surface area contributed by atoms with E-state index in [1.165, 1.54) is 215 Å². The molecule has 0 bridgehead atoms. The highest BCUT2D eigenvalue weighted by molar-refractivity contribution is 5.71. The molecule has 0 amide bonds. The van der Waals surface area contributed by atoms with Gasteiger partial charge < -0.3 is 43.3 Å². The highest BCUT2D eigenvalue weighted by atomic mass is 35.5. The zero-order valence-corrected chi connectivity index (χ0v) is 50.3. The number of esters is 2. The molecule has 2 aromatic carbocycles. The van der Waals surface area contributed by atoms with Gasteiger partial charge in [0.2, 0.25) is 0 Å². The maximum atomic E-state index is 13.2. The van der Waals surface area contributed by atoms with Crippen molar-refractivity contribution < 1.29 is 52.8 Å². The summed E-state index contributed by atoms with van der Waals surface area (Å²) in [6, 6.07) is 17.9. The third-order valence-corrected chi connectivity index (χ3v) is 14.3. The van der Waals surface area contributed by atoms with Gasteiger partial charge in [-0.3, -0.25) is 0 Å². The second-order valence-corrected chi connectivity index (χ2v) is 24.5. The van der Waals surface area contributed by atoms with Crippen molar-refractivity contribution in [2.75, 3.05) is 40.3 Å². The summed E-state index contributed by atoms with van der Waals surface area (Å²) in [6.07, 6.45) is 43.5. The van der Waals surface area contributed by atoms with Gasteiger partial charge in [0.05, 0.1) is 27.2 Å². The quantitative estimate of drug-likeness (QED) is 0.0377. The van der Waals surface area contributed by atoms with Crippen LogP contribution in [0.15, 0.2) is 48.5 Å². The van der Waals surface area contributed by atoms with Gasteiger partial charge in [0.25, 0.3) is 0 Å². The molecule has 0 aromatic heterocycles. The molecule has 0 N–H and O–H groups in total. The van der Waals surface area contributed by atoms with Gasteiger partial charge >= 0.3 is 11.9 Å². The summed E-state index contributed by atoms with van der Waals surface area (Å²) in [5.41, 5.74) is 3.88. The Balaban J connectivity index is 0.0000252. The van der Waals surface area contributed by atoms with E-state index in [1.807, 2.05) is 41.5 Å². The molecule has 2 atom stereocenters. The number of ether oxygens (including phenoxy) is 2. The number of quaternary nitrogens is 2. The minimum Gasteiger partial charge on any atom is -1.00 e. The number of carbonyl (C=O) groups is 2. The number of nitrogens with zero attached hydrogens (tertiary/aromatic N) is 2. The zero-order valence-electron chi connectivity index (χ0n) is 48.8. The van der Waals surface area contributed by atoms with Gasteiger partial charge in [-0.1, -0.05) is 242 Å². The van der Waals surface area contributed by atoms with Crippen molar-refractivity contribution in [1.82, 2.24) is 0 Å². The average molecular weight is 1050 g/mol. The number of unbranched alkanes of at least 4 members (excludes halogenated alkanes) is 30. The van der Waals surface area contributed by atoms with Crippen LogP contribution < -0.4 is 24.8 Å². The maximum absolute atomic E-state index is 13.2. The van der Waals surface area contributed by atoms with E-state index >= 15 is 0 Å². The Kier molecular flexibility index (Phi) is 39.9. The Morgan fingerprint density at radius 2 is 0.569 bits per heavy atom. The van der Waals surface area contributed by atoms with Crippen LogP contribution in [0, 0.1) is 0 Å². The minimum absolute atomic E-state index is 0. The van der Waals surface area contributed by atoms with E-state index in [-0.39, 0.29) is 36.8 Å². The fraction of sp³-hybridized carbons (Fsp3) is 0.781. The highest BCUT2D eigenvalue weighted by Crippen LogP contribution is 2.26. The van der Waals surface area contributed by atoms with E-state index in [9.17, 15) is 9.59 Å². The number of rotatable bonds is 43. The summed E-state index contributed by atoms with van der Waals surface area (Å²) in [7, 11) is 4.47. The molecule has 6 nitrogen and oxygen atoms in total. The van der Waals surface area contributed by atoms with E-state index in [1.54, 1.807) is 0 Å². The molecular formula is C64H114Cl2N2O4. The van der Waals surface area contributed by atoms with Crippen molar-refractivity contribution in [3.05, 3.63) is 59.7 Å². The van der Waals surface area contributed by atoms with Crippen LogP contribution in [0.2, 0.25) is 0 Å². The Labute approximate surface area is 458 Å². The molecule has 2 unspecified atom stereocenters. The van der Waals surface area contributed by atoms with Crippen LogP contribution in [0.3, 0.4) is 0 Å². The number of benzene rings is 2. The first-order valence-electron chi connectivity index (χ1n) is 29.7. The van der Waals surface area contributed by atoms with Gasteiger partial charge in [0.1, 0.15) is 24.3 Å². The number of hydrogen-bond acceptors (Lipinski definition) is 4. The zero-order chi connectivity index (χ0) is 51.4. The van der Waals surface area contributed by atoms with E-state index < -0.39 is 11.2 Å². The molecule has 2 aromatic rings. The van der Waals surface area contributed by atoms with Crippen molar-refractivity contribution >= 4 is 11.9 Å². The smallest absolute Gasteiger partial charge is 0.362 e. The molecule has 0 radical (unpaired) electrons. The molecule has 0 saturated carbocycles. The highest BCUT2D eigenvalue weighted by Gasteiger charge is 2.30. The molecular weight excluding hydrogens is 932 g/mol. The van der Waals surface area contributed by atoms with Gasteiger partial charge in [-0.05, 0) is 78.4 Å². The molecule has 418 valence electrons. The molecule has 0 aliphatic carbocycles. The third kappa shape index (κ3) is 37.6. The molecule has 72 heavy (non-hydrogen) atoms. The molecule has 0 aliphatic rings. The largest absolute Gasteiger partial charge is 1.00 e.